The smallest absolute Gasteiger partial charge is 0.307 e. The molecular weight excluding hydrogens is 354 g/mol. The predicted octanol–water partition coefficient (Wildman–Crippen LogP) is 5.10. The summed E-state index contributed by atoms with van der Waals surface area (Å²) >= 11 is 0. The Labute approximate surface area is 161 Å². The molecule has 0 aliphatic rings. The Hall–Kier alpha value is -3.54. The van der Waals surface area contributed by atoms with Gasteiger partial charge >= 0.3 is 5.97 Å². The van der Waals surface area contributed by atoms with Crippen LogP contribution in [0.5, 0.6) is 0 Å². The Bertz CT molecular complexity index is 1250. The molecule has 2 aromatic heterocycles. The van der Waals surface area contributed by atoms with Crippen LogP contribution in [0.4, 0.5) is 5.82 Å². The highest BCUT2D eigenvalue weighted by Crippen LogP contribution is 2.38. The van der Waals surface area contributed by atoms with Crippen molar-refractivity contribution < 1.29 is 9.90 Å². The lowest BCUT2D eigenvalue weighted by Gasteiger charge is -2.19. The number of carbonyl (C=O) groups is 1. The predicted molar refractivity (Wildman–Crippen MR) is 109 cm³/mol. The Balaban J connectivity index is 2.20. The van der Waals surface area contributed by atoms with Crippen molar-refractivity contribution in [2.75, 3.05) is 0 Å². The number of nitroso groups, excluding NO2 is 1. The van der Waals surface area contributed by atoms with Crippen molar-refractivity contribution in [3.05, 3.63) is 69.8 Å². The van der Waals surface area contributed by atoms with Gasteiger partial charge in [0, 0.05) is 6.20 Å². The van der Waals surface area contributed by atoms with E-state index in [4.69, 9.17) is 0 Å². The third-order valence-electron chi connectivity index (χ3n) is 5.26. The van der Waals surface area contributed by atoms with E-state index < -0.39 is 5.97 Å². The lowest BCUT2D eigenvalue weighted by molar-refractivity contribution is -0.136. The number of aliphatic carboxylic acids is 1. The van der Waals surface area contributed by atoms with Gasteiger partial charge < -0.3 is 9.51 Å². The summed E-state index contributed by atoms with van der Waals surface area (Å²) in [6.07, 6.45) is 1.75. The quantitative estimate of drug-likeness (QED) is 0.504. The first kappa shape index (κ1) is 17.9. The van der Waals surface area contributed by atoms with Gasteiger partial charge in [0.1, 0.15) is 0 Å². The van der Waals surface area contributed by atoms with Crippen LogP contribution in [0.15, 0.2) is 47.8 Å². The molecule has 2 aromatic carbocycles. The number of hydrogen-bond acceptors (Lipinski definition) is 4. The van der Waals surface area contributed by atoms with Gasteiger partial charge in [-0.15, -0.1) is 4.91 Å². The molecule has 0 spiro atoms. The number of benzene rings is 2. The molecule has 0 unspecified atom stereocenters. The van der Waals surface area contributed by atoms with E-state index in [9.17, 15) is 14.8 Å². The Morgan fingerprint density at radius 2 is 1.82 bits per heavy atom. The van der Waals surface area contributed by atoms with E-state index in [2.05, 4.69) is 10.2 Å². The van der Waals surface area contributed by atoms with Crippen LogP contribution in [-0.2, 0) is 11.2 Å². The molecule has 6 heteroatoms. The Morgan fingerprint density at radius 1 is 1.11 bits per heavy atom. The van der Waals surface area contributed by atoms with Gasteiger partial charge in [0.15, 0.2) is 0 Å². The van der Waals surface area contributed by atoms with Gasteiger partial charge in [0.2, 0.25) is 5.82 Å². The maximum absolute atomic E-state index is 11.6. The SMILES string of the molecule is Cc1ccc(-c2c(CC(=O)O)c(C)c3nc(N=O)c4cccn4c3c2C)cc1. The zero-order valence-corrected chi connectivity index (χ0v) is 15.9. The number of carboxylic acid groups (broad SMARTS) is 1. The molecule has 6 nitrogen and oxygen atoms in total. The highest BCUT2D eigenvalue weighted by Gasteiger charge is 2.22. The van der Waals surface area contributed by atoms with E-state index in [1.807, 2.05) is 61.7 Å². The lowest BCUT2D eigenvalue weighted by atomic mass is 9.88. The highest BCUT2D eigenvalue weighted by molar-refractivity contribution is 5.96. The molecule has 1 N–H and O–H groups in total. The first-order valence-corrected chi connectivity index (χ1v) is 8.97. The van der Waals surface area contributed by atoms with Gasteiger partial charge in [0.05, 0.1) is 23.0 Å². The first-order valence-electron chi connectivity index (χ1n) is 8.97. The molecule has 0 saturated carbocycles. The summed E-state index contributed by atoms with van der Waals surface area (Å²) in [5.41, 5.74) is 7.46. The van der Waals surface area contributed by atoms with Gasteiger partial charge in [-0.25, -0.2) is 4.98 Å². The molecule has 4 aromatic rings. The second-order valence-electron chi connectivity index (χ2n) is 7.03. The second-order valence-corrected chi connectivity index (χ2v) is 7.03. The summed E-state index contributed by atoms with van der Waals surface area (Å²) in [5, 5.41) is 12.6. The number of rotatable bonds is 4. The van der Waals surface area contributed by atoms with Gasteiger partial charge in [-0.05, 0) is 65.9 Å². The molecule has 0 aliphatic carbocycles. The molecule has 0 aliphatic heterocycles. The number of hydrogen-bond donors (Lipinski definition) is 1. The second kappa shape index (κ2) is 6.56. The number of aromatic nitrogens is 2. The van der Waals surface area contributed by atoms with E-state index in [-0.39, 0.29) is 12.2 Å². The highest BCUT2D eigenvalue weighted by atomic mass is 16.4. The van der Waals surface area contributed by atoms with Crippen LogP contribution in [0.1, 0.15) is 22.3 Å². The standard InChI is InChI=1S/C22H19N3O3/c1-12-6-8-15(9-7-12)19-14(3)21-20(13(2)16(19)11-18(26)27)23-22(24-28)17-5-4-10-25(17)21/h4-10H,11H2,1-3H3,(H,26,27). The van der Waals surface area contributed by atoms with Crippen LogP contribution in [0.25, 0.3) is 27.7 Å². The summed E-state index contributed by atoms with van der Waals surface area (Å²) in [5.74, 6) is -0.810. The molecule has 0 saturated heterocycles. The molecule has 0 amide bonds. The van der Waals surface area contributed by atoms with Crippen molar-refractivity contribution >= 4 is 28.3 Å². The number of fused-ring (bicyclic) bond motifs is 3. The molecule has 4 rings (SSSR count). The lowest BCUT2D eigenvalue weighted by Crippen LogP contribution is -2.08. The topological polar surface area (TPSA) is 84.0 Å². The first-order chi connectivity index (χ1) is 13.4. The van der Waals surface area contributed by atoms with Gasteiger partial charge in [0.25, 0.3) is 0 Å². The van der Waals surface area contributed by atoms with E-state index in [1.165, 1.54) is 0 Å². The molecule has 28 heavy (non-hydrogen) atoms. The van der Waals surface area contributed by atoms with Crippen molar-refractivity contribution in [3.63, 3.8) is 0 Å². The fourth-order valence-corrected chi connectivity index (χ4v) is 3.93. The van der Waals surface area contributed by atoms with Gasteiger partial charge in [-0.2, -0.15) is 0 Å². The number of nitrogens with zero attached hydrogens (tertiary/aromatic N) is 3. The third kappa shape index (κ3) is 2.65. The van der Waals surface area contributed by atoms with Gasteiger partial charge in [-0.3, -0.25) is 4.79 Å². The van der Waals surface area contributed by atoms with Crippen LogP contribution < -0.4 is 0 Å². The molecular formula is C22H19N3O3. The molecule has 0 bridgehead atoms. The Kier molecular flexibility index (Phi) is 4.19. The summed E-state index contributed by atoms with van der Waals surface area (Å²) < 4.78 is 1.91. The minimum atomic E-state index is -0.911. The zero-order chi connectivity index (χ0) is 20.0. The minimum absolute atomic E-state index is 0.101. The van der Waals surface area contributed by atoms with Crippen LogP contribution in [0, 0.1) is 25.7 Å². The van der Waals surface area contributed by atoms with Crippen molar-refractivity contribution in [3.8, 4) is 11.1 Å². The van der Waals surface area contributed by atoms with Crippen molar-refractivity contribution in [2.45, 2.75) is 27.2 Å². The summed E-state index contributed by atoms with van der Waals surface area (Å²) in [7, 11) is 0. The van der Waals surface area contributed by atoms with E-state index >= 15 is 0 Å². The Morgan fingerprint density at radius 3 is 2.46 bits per heavy atom. The van der Waals surface area contributed by atoms with E-state index in [0.29, 0.717) is 16.6 Å². The molecule has 0 fully saturated rings. The number of carboxylic acids is 1. The monoisotopic (exact) mass is 373 g/mol. The fourth-order valence-electron chi connectivity index (χ4n) is 3.93. The molecule has 0 radical (unpaired) electrons. The summed E-state index contributed by atoms with van der Waals surface area (Å²) in [4.78, 5) is 27.4. The maximum atomic E-state index is 11.6. The van der Waals surface area contributed by atoms with Crippen LogP contribution >= 0.6 is 0 Å². The van der Waals surface area contributed by atoms with Crippen LogP contribution in [-0.4, -0.2) is 20.5 Å². The van der Waals surface area contributed by atoms with Crippen molar-refractivity contribution in [1.82, 2.24) is 9.38 Å². The third-order valence-corrected chi connectivity index (χ3v) is 5.26. The van der Waals surface area contributed by atoms with Gasteiger partial charge in [-0.1, -0.05) is 29.8 Å². The van der Waals surface area contributed by atoms with Crippen molar-refractivity contribution in [2.24, 2.45) is 5.18 Å². The maximum Gasteiger partial charge on any atom is 0.307 e. The van der Waals surface area contributed by atoms with E-state index in [1.54, 1.807) is 6.07 Å². The fraction of sp³-hybridized carbons (Fsp3) is 0.182. The summed E-state index contributed by atoms with van der Waals surface area (Å²) in [6.45, 7) is 5.84. The van der Waals surface area contributed by atoms with Crippen LogP contribution in [0.3, 0.4) is 0 Å². The largest absolute Gasteiger partial charge is 0.481 e. The van der Waals surface area contributed by atoms with Crippen LogP contribution in [0.2, 0.25) is 0 Å². The summed E-state index contributed by atoms with van der Waals surface area (Å²) in [6, 6.07) is 11.7. The van der Waals surface area contributed by atoms with E-state index in [0.717, 1.165) is 33.3 Å². The molecule has 0 atom stereocenters. The zero-order valence-electron chi connectivity index (χ0n) is 15.9. The molecule has 2 heterocycles. The normalized spacial score (nSPS) is 11.2. The van der Waals surface area contributed by atoms with Crippen molar-refractivity contribution in [1.29, 1.82) is 0 Å². The average molecular weight is 373 g/mol. The minimum Gasteiger partial charge on any atom is -0.481 e. The number of aryl methyl sites for hydroxylation is 3. The average Bonchev–Trinajstić information content (AvgIpc) is 3.15. The molecule has 140 valence electrons.